The van der Waals surface area contributed by atoms with Gasteiger partial charge in [0.1, 0.15) is 17.0 Å². The Morgan fingerprint density at radius 2 is 2.20 bits per heavy atom. The van der Waals surface area contributed by atoms with Crippen molar-refractivity contribution < 1.29 is 14.3 Å². The van der Waals surface area contributed by atoms with Gasteiger partial charge in [-0.1, -0.05) is 28.1 Å². The number of hydrogen-bond acceptors (Lipinski definition) is 2. The first-order valence-electron chi connectivity index (χ1n) is 4.07. The summed E-state index contributed by atoms with van der Waals surface area (Å²) in [6, 6.07) is 5.81. The number of aromatic nitrogens is 1. The molecule has 0 aliphatic rings. The molecule has 0 saturated heterocycles. The molecule has 0 saturated carbocycles. The summed E-state index contributed by atoms with van der Waals surface area (Å²) in [6.07, 6.45) is 0. The van der Waals surface area contributed by atoms with Crippen molar-refractivity contribution in [1.82, 2.24) is 4.98 Å². The van der Waals surface area contributed by atoms with Gasteiger partial charge in [0, 0.05) is 9.86 Å². The quantitative estimate of drug-likeness (QED) is 0.866. The molecule has 3 nitrogen and oxygen atoms in total. The second-order valence-corrected chi connectivity index (χ2v) is 3.78. The van der Waals surface area contributed by atoms with Gasteiger partial charge in [0.2, 0.25) is 0 Å². The van der Waals surface area contributed by atoms with Gasteiger partial charge in [-0.25, -0.2) is 14.2 Å². The van der Waals surface area contributed by atoms with Crippen molar-refractivity contribution in [3.8, 4) is 0 Å². The van der Waals surface area contributed by atoms with E-state index in [-0.39, 0.29) is 11.2 Å². The van der Waals surface area contributed by atoms with Crippen LogP contribution in [0.15, 0.2) is 28.7 Å². The minimum Gasteiger partial charge on any atom is -0.477 e. The molecule has 0 spiro atoms. The van der Waals surface area contributed by atoms with Crippen LogP contribution in [0, 0.1) is 5.82 Å². The maximum absolute atomic E-state index is 13.3. The summed E-state index contributed by atoms with van der Waals surface area (Å²) in [5, 5.41) is 9.31. The van der Waals surface area contributed by atoms with Gasteiger partial charge >= 0.3 is 5.97 Å². The van der Waals surface area contributed by atoms with Crippen LogP contribution in [0.4, 0.5) is 4.39 Å². The SMILES string of the molecule is O=C(O)c1cc(Br)c2cccc(F)c2n1. The first-order chi connectivity index (χ1) is 7.09. The highest BCUT2D eigenvalue weighted by molar-refractivity contribution is 9.10. The minimum absolute atomic E-state index is 0.0595. The van der Waals surface area contributed by atoms with E-state index >= 15 is 0 Å². The number of carboxylic acids is 1. The lowest BCUT2D eigenvalue weighted by Gasteiger charge is -2.02. The third-order valence-electron chi connectivity index (χ3n) is 1.96. The number of benzene rings is 1. The van der Waals surface area contributed by atoms with Crippen LogP contribution in [0.3, 0.4) is 0 Å². The number of para-hydroxylation sites is 1. The zero-order chi connectivity index (χ0) is 11.0. The molecule has 0 unspecified atom stereocenters. The number of nitrogens with zero attached hydrogens (tertiary/aromatic N) is 1. The van der Waals surface area contributed by atoms with Gasteiger partial charge in [-0.3, -0.25) is 0 Å². The molecule has 0 bridgehead atoms. The maximum Gasteiger partial charge on any atom is 0.354 e. The molecule has 1 heterocycles. The van der Waals surface area contributed by atoms with Crippen molar-refractivity contribution in [1.29, 1.82) is 0 Å². The van der Waals surface area contributed by atoms with Crippen LogP contribution in [-0.2, 0) is 0 Å². The van der Waals surface area contributed by atoms with E-state index in [9.17, 15) is 9.18 Å². The Morgan fingerprint density at radius 1 is 1.47 bits per heavy atom. The highest BCUT2D eigenvalue weighted by Crippen LogP contribution is 2.25. The second kappa shape index (κ2) is 3.58. The van der Waals surface area contributed by atoms with Crippen LogP contribution < -0.4 is 0 Å². The Kier molecular flexibility index (Phi) is 2.40. The summed E-state index contributed by atoms with van der Waals surface area (Å²) in [5.74, 6) is -1.71. The molecule has 2 aromatic rings. The largest absolute Gasteiger partial charge is 0.477 e. The fraction of sp³-hybridized carbons (Fsp3) is 0. The van der Waals surface area contributed by atoms with E-state index < -0.39 is 11.8 Å². The summed E-state index contributed by atoms with van der Waals surface area (Å²) >= 11 is 3.18. The molecule has 1 N–H and O–H groups in total. The molecule has 0 atom stereocenters. The Balaban J connectivity index is 2.85. The molecule has 1 aromatic heterocycles. The van der Waals surface area contributed by atoms with Crippen LogP contribution in [-0.4, -0.2) is 16.1 Å². The molecular formula is C10H5BrFNO2. The number of fused-ring (bicyclic) bond motifs is 1. The molecule has 1 aromatic carbocycles. The lowest BCUT2D eigenvalue weighted by Crippen LogP contribution is -2.01. The minimum atomic E-state index is -1.18. The Hall–Kier alpha value is -1.49. The highest BCUT2D eigenvalue weighted by atomic mass is 79.9. The molecule has 15 heavy (non-hydrogen) atoms. The summed E-state index contributed by atoms with van der Waals surface area (Å²) < 4.78 is 13.9. The molecule has 0 aliphatic heterocycles. The van der Waals surface area contributed by atoms with Crippen LogP contribution in [0.1, 0.15) is 10.5 Å². The molecule has 0 aliphatic carbocycles. The lowest BCUT2D eigenvalue weighted by atomic mass is 10.2. The topological polar surface area (TPSA) is 50.2 Å². The lowest BCUT2D eigenvalue weighted by molar-refractivity contribution is 0.0691. The molecule has 76 valence electrons. The van der Waals surface area contributed by atoms with Gasteiger partial charge < -0.3 is 5.11 Å². The zero-order valence-corrected chi connectivity index (χ0v) is 8.95. The number of halogens is 2. The average molecular weight is 270 g/mol. The van der Waals surface area contributed by atoms with E-state index in [0.29, 0.717) is 9.86 Å². The van der Waals surface area contributed by atoms with E-state index in [2.05, 4.69) is 20.9 Å². The van der Waals surface area contributed by atoms with Gasteiger partial charge in [0.15, 0.2) is 0 Å². The van der Waals surface area contributed by atoms with Crippen molar-refractivity contribution in [3.63, 3.8) is 0 Å². The van der Waals surface area contributed by atoms with Crippen LogP contribution in [0.2, 0.25) is 0 Å². The number of pyridine rings is 1. The molecule has 0 radical (unpaired) electrons. The van der Waals surface area contributed by atoms with Crippen molar-refractivity contribution in [2.24, 2.45) is 0 Å². The number of aromatic carboxylic acids is 1. The van der Waals surface area contributed by atoms with Gasteiger partial charge in [0.05, 0.1) is 0 Å². The molecule has 2 rings (SSSR count). The standard InChI is InChI=1S/C10H5BrFNO2/c11-6-4-8(10(14)15)13-9-5(6)2-1-3-7(9)12/h1-4H,(H,14,15). The average Bonchev–Trinajstić information content (AvgIpc) is 2.19. The van der Waals surface area contributed by atoms with Crippen molar-refractivity contribution in [2.75, 3.05) is 0 Å². The van der Waals surface area contributed by atoms with E-state index in [4.69, 9.17) is 5.11 Å². The van der Waals surface area contributed by atoms with E-state index in [1.807, 2.05) is 0 Å². The number of hydrogen-bond donors (Lipinski definition) is 1. The third-order valence-corrected chi connectivity index (χ3v) is 2.61. The fourth-order valence-corrected chi connectivity index (χ4v) is 1.82. The first kappa shape index (κ1) is 10.0. The van der Waals surface area contributed by atoms with Gasteiger partial charge in [-0.05, 0) is 12.1 Å². The van der Waals surface area contributed by atoms with Crippen LogP contribution >= 0.6 is 15.9 Å². The number of carbonyl (C=O) groups is 1. The Morgan fingerprint density at radius 3 is 2.87 bits per heavy atom. The van der Waals surface area contributed by atoms with Crippen LogP contribution in [0.25, 0.3) is 10.9 Å². The summed E-state index contributed by atoms with van der Waals surface area (Å²) in [5.41, 5.74) is -0.122. The number of carboxylic acid groups (broad SMARTS) is 1. The van der Waals surface area contributed by atoms with Gasteiger partial charge in [0.25, 0.3) is 0 Å². The molecular weight excluding hydrogens is 265 g/mol. The summed E-state index contributed by atoms with van der Waals surface area (Å²) in [6.45, 7) is 0. The zero-order valence-electron chi connectivity index (χ0n) is 7.37. The first-order valence-corrected chi connectivity index (χ1v) is 4.87. The van der Waals surface area contributed by atoms with Crippen molar-refractivity contribution in [3.05, 3.63) is 40.2 Å². The normalized spacial score (nSPS) is 10.5. The smallest absolute Gasteiger partial charge is 0.354 e. The Labute approximate surface area is 92.7 Å². The maximum atomic E-state index is 13.3. The predicted molar refractivity (Wildman–Crippen MR) is 56.4 cm³/mol. The fourth-order valence-electron chi connectivity index (χ4n) is 1.28. The summed E-state index contributed by atoms with van der Waals surface area (Å²) in [4.78, 5) is 14.4. The van der Waals surface area contributed by atoms with Crippen LogP contribution in [0.5, 0.6) is 0 Å². The van der Waals surface area contributed by atoms with E-state index in [1.54, 1.807) is 12.1 Å². The molecule has 0 amide bonds. The van der Waals surface area contributed by atoms with Crippen molar-refractivity contribution in [2.45, 2.75) is 0 Å². The van der Waals surface area contributed by atoms with Gasteiger partial charge in [-0.15, -0.1) is 0 Å². The van der Waals surface area contributed by atoms with E-state index in [1.165, 1.54) is 12.1 Å². The molecule has 5 heteroatoms. The van der Waals surface area contributed by atoms with Crippen molar-refractivity contribution >= 4 is 32.8 Å². The highest BCUT2D eigenvalue weighted by Gasteiger charge is 2.11. The van der Waals surface area contributed by atoms with E-state index in [0.717, 1.165) is 0 Å². The van der Waals surface area contributed by atoms with Gasteiger partial charge in [-0.2, -0.15) is 0 Å². The molecule has 0 fully saturated rings. The number of rotatable bonds is 1. The third kappa shape index (κ3) is 1.70. The monoisotopic (exact) mass is 269 g/mol. The Bertz CT molecular complexity index is 556. The predicted octanol–water partition coefficient (Wildman–Crippen LogP) is 2.83. The second-order valence-electron chi connectivity index (χ2n) is 2.93. The summed E-state index contributed by atoms with van der Waals surface area (Å²) in [7, 11) is 0.